The third-order valence-electron chi connectivity index (χ3n) is 4.19. The number of halogens is 2. The number of rotatable bonds is 4. The molecule has 3 rings (SSSR count). The highest BCUT2D eigenvalue weighted by molar-refractivity contribution is 9.09. The Hall–Kier alpha value is -1.66. The number of alkyl halides is 2. The fourth-order valence-electron chi connectivity index (χ4n) is 2.80. The molecule has 136 valence electrons. The van der Waals surface area contributed by atoms with Crippen molar-refractivity contribution in [2.45, 2.75) is 12.8 Å². The van der Waals surface area contributed by atoms with Crippen LogP contribution in [0.3, 0.4) is 0 Å². The van der Waals surface area contributed by atoms with E-state index in [2.05, 4.69) is 31.9 Å². The normalized spacial score (nSPS) is 13.6. The number of hydrogen-bond donors (Lipinski definition) is 0. The van der Waals surface area contributed by atoms with Gasteiger partial charge in [0.2, 0.25) is 0 Å². The van der Waals surface area contributed by atoms with Crippen molar-refractivity contribution in [3.63, 3.8) is 0 Å². The van der Waals surface area contributed by atoms with Gasteiger partial charge in [-0.25, -0.2) is 0 Å². The SMILES string of the molecule is O=C(CBr)c1ccc2c(c1)OCCCCOc1cc(C(=O)CBr)ccc1-2. The highest BCUT2D eigenvalue weighted by Gasteiger charge is 2.18. The van der Waals surface area contributed by atoms with Crippen LogP contribution >= 0.6 is 31.9 Å². The molecule has 0 saturated carbocycles. The first kappa shape index (κ1) is 19.1. The lowest BCUT2D eigenvalue weighted by molar-refractivity contribution is 0.101. The molecular weight excluding hydrogens is 464 g/mol. The minimum Gasteiger partial charge on any atom is -0.493 e. The zero-order chi connectivity index (χ0) is 18.5. The van der Waals surface area contributed by atoms with Gasteiger partial charge in [0, 0.05) is 22.3 Å². The lowest BCUT2D eigenvalue weighted by Gasteiger charge is -2.19. The van der Waals surface area contributed by atoms with E-state index in [-0.39, 0.29) is 22.2 Å². The number of carbonyl (C=O) groups is 2. The molecule has 1 aliphatic rings. The molecule has 0 aliphatic carbocycles. The van der Waals surface area contributed by atoms with Gasteiger partial charge in [-0.3, -0.25) is 9.59 Å². The summed E-state index contributed by atoms with van der Waals surface area (Å²) in [5.41, 5.74) is 2.91. The number of hydrogen-bond acceptors (Lipinski definition) is 4. The molecule has 2 aromatic carbocycles. The predicted molar refractivity (Wildman–Crippen MR) is 108 cm³/mol. The first-order chi connectivity index (χ1) is 12.6. The van der Waals surface area contributed by atoms with Crippen LogP contribution in [0.15, 0.2) is 36.4 Å². The van der Waals surface area contributed by atoms with Crippen molar-refractivity contribution in [2.24, 2.45) is 0 Å². The van der Waals surface area contributed by atoms with E-state index in [1.807, 2.05) is 12.1 Å². The van der Waals surface area contributed by atoms with Gasteiger partial charge in [-0.1, -0.05) is 44.0 Å². The van der Waals surface area contributed by atoms with E-state index in [9.17, 15) is 9.59 Å². The molecule has 2 aromatic rings. The van der Waals surface area contributed by atoms with Crippen LogP contribution < -0.4 is 9.47 Å². The van der Waals surface area contributed by atoms with E-state index in [1.165, 1.54) is 0 Å². The number of fused-ring (bicyclic) bond motifs is 3. The fraction of sp³-hybridized carbons (Fsp3) is 0.300. The van der Waals surface area contributed by atoms with Gasteiger partial charge in [-0.2, -0.15) is 0 Å². The second-order valence-corrected chi connectivity index (χ2v) is 7.06. The third kappa shape index (κ3) is 4.18. The van der Waals surface area contributed by atoms with Gasteiger partial charge in [0.25, 0.3) is 0 Å². The molecule has 0 aromatic heterocycles. The van der Waals surface area contributed by atoms with Crippen molar-refractivity contribution in [3.05, 3.63) is 47.5 Å². The Bertz CT molecular complexity index is 763. The average molecular weight is 482 g/mol. The minimum absolute atomic E-state index is 0.00299. The van der Waals surface area contributed by atoms with E-state index < -0.39 is 0 Å². The van der Waals surface area contributed by atoms with Crippen molar-refractivity contribution in [3.8, 4) is 22.6 Å². The van der Waals surface area contributed by atoms with Gasteiger partial charge >= 0.3 is 0 Å². The number of benzene rings is 2. The van der Waals surface area contributed by atoms with Crippen LogP contribution in [-0.2, 0) is 0 Å². The molecule has 0 atom stereocenters. The zero-order valence-corrected chi connectivity index (χ0v) is 17.3. The largest absolute Gasteiger partial charge is 0.493 e. The van der Waals surface area contributed by atoms with Gasteiger partial charge in [-0.05, 0) is 37.1 Å². The van der Waals surface area contributed by atoms with E-state index in [0.717, 1.165) is 24.0 Å². The van der Waals surface area contributed by atoms with Crippen molar-refractivity contribution < 1.29 is 19.1 Å². The monoisotopic (exact) mass is 480 g/mol. The molecule has 4 nitrogen and oxygen atoms in total. The Balaban J connectivity index is 2.11. The Morgan fingerprint density at radius 2 is 1.19 bits per heavy atom. The van der Waals surface area contributed by atoms with Gasteiger partial charge in [-0.15, -0.1) is 0 Å². The van der Waals surface area contributed by atoms with Crippen molar-refractivity contribution in [2.75, 3.05) is 23.9 Å². The Kier molecular flexibility index (Phi) is 6.48. The molecule has 6 heteroatoms. The molecule has 1 aliphatic heterocycles. The Morgan fingerprint density at radius 1 is 0.769 bits per heavy atom. The number of ether oxygens (including phenoxy) is 2. The van der Waals surface area contributed by atoms with Crippen LogP contribution in [-0.4, -0.2) is 35.4 Å². The maximum Gasteiger partial charge on any atom is 0.173 e. The Labute approximate surface area is 169 Å². The van der Waals surface area contributed by atoms with Crippen molar-refractivity contribution >= 4 is 43.4 Å². The molecule has 0 radical (unpaired) electrons. The second kappa shape index (κ2) is 8.82. The molecule has 0 amide bonds. The topological polar surface area (TPSA) is 52.6 Å². The maximum atomic E-state index is 12.0. The van der Waals surface area contributed by atoms with Crippen molar-refractivity contribution in [1.29, 1.82) is 0 Å². The standard InChI is InChI=1S/C20H18Br2O4/c21-11-17(23)13-3-5-15-16-6-4-14(18(24)12-22)10-20(16)26-8-2-1-7-25-19(15)9-13/h3-6,9-10H,1-2,7-8,11-12H2. The van der Waals surface area contributed by atoms with E-state index in [4.69, 9.17) is 9.47 Å². The first-order valence-electron chi connectivity index (χ1n) is 8.36. The maximum absolute atomic E-state index is 12.0. The van der Waals surface area contributed by atoms with Gasteiger partial charge in [0.15, 0.2) is 11.6 Å². The van der Waals surface area contributed by atoms with Crippen LogP contribution in [0.4, 0.5) is 0 Å². The van der Waals surface area contributed by atoms with E-state index in [1.54, 1.807) is 24.3 Å². The van der Waals surface area contributed by atoms with E-state index >= 15 is 0 Å². The Morgan fingerprint density at radius 3 is 1.58 bits per heavy atom. The lowest BCUT2D eigenvalue weighted by Crippen LogP contribution is -2.09. The van der Waals surface area contributed by atoms with Gasteiger partial charge in [0.1, 0.15) is 11.5 Å². The summed E-state index contributed by atoms with van der Waals surface area (Å²) in [6.07, 6.45) is 1.71. The van der Waals surface area contributed by atoms with Crippen molar-refractivity contribution in [1.82, 2.24) is 0 Å². The van der Waals surface area contributed by atoms with Crippen LogP contribution in [0.2, 0.25) is 0 Å². The van der Waals surface area contributed by atoms with Crippen LogP contribution in [0.1, 0.15) is 33.6 Å². The quantitative estimate of drug-likeness (QED) is 0.452. The molecule has 0 spiro atoms. The summed E-state index contributed by atoms with van der Waals surface area (Å²) in [5.74, 6) is 1.32. The van der Waals surface area contributed by atoms with Crippen LogP contribution in [0.25, 0.3) is 11.1 Å². The summed E-state index contributed by atoms with van der Waals surface area (Å²) < 4.78 is 11.9. The van der Waals surface area contributed by atoms with Gasteiger partial charge < -0.3 is 9.47 Å². The molecule has 0 fully saturated rings. The first-order valence-corrected chi connectivity index (χ1v) is 10.6. The second-order valence-electron chi connectivity index (χ2n) is 5.94. The highest BCUT2D eigenvalue weighted by Crippen LogP contribution is 2.38. The summed E-state index contributed by atoms with van der Waals surface area (Å²) in [6.45, 7) is 1.13. The van der Waals surface area contributed by atoms with E-state index in [0.29, 0.717) is 35.8 Å². The number of ketones is 2. The third-order valence-corrected chi connectivity index (χ3v) is 5.21. The lowest BCUT2D eigenvalue weighted by atomic mass is 9.98. The zero-order valence-electron chi connectivity index (χ0n) is 14.1. The average Bonchev–Trinajstić information content (AvgIpc) is 2.69. The molecule has 26 heavy (non-hydrogen) atoms. The highest BCUT2D eigenvalue weighted by atomic mass is 79.9. The summed E-state index contributed by atoms with van der Waals surface area (Å²) in [7, 11) is 0. The van der Waals surface area contributed by atoms with Crippen LogP contribution in [0, 0.1) is 0 Å². The fourth-order valence-corrected chi connectivity index (χ4v) is 3.45. The van der Waals surface area contributed by atoms with Gasteiger partial charge in [0.05, 0.1) is 23.9 Å². The van der Waals surface area contributed by atoms with Crippen LogP contribution in [0.5, 0.6) is 11.5 Å². The number of Topliss-reactive ketones (excluding diaryl/α,β-unsaturated/α-hetero) is 2. The summed E-state index contributed by atoms with van der Waals surface area (Å²) in [4.78, 5) is 24.0. The number of carbonyl (C=O) groups excluding carboxylic acids is 2. The molecule has 0 saturated heterocycles. The molecular formula is C20H18Br2O4. The molecule has 0 unspecified atom stereocenters. The molecule has 0 N–H and O–H groups in total. The predicted octanol–water partition coefficient (Wildman–Crippen LogP) is 5.06. The minimum atomic E-state index is 0.00299. The smallest absolute Gasteiger partial charge is 0.173 e. The molecule has 0 bridgehead atoms. The summed E-state index contributed by atoms with van der Waals surface area (Å²) in [5, 5.41) is 0.535. The summed E-state index contributed by atoms with van der Waals surface area (Å²) in [6, 6.07) is 10.9. The molecule has 1 heterocycles. The summed E-state index contributed by atoms with van der Waals surface area (Å²) >= 11 is 6.41.